The number of hydrogen-bond acceptors (Lipinski definition) is 3. The summed E-state index contributed by atoms with van der Waals surface area (Å²) in [6.07, 6.45) is 0.650. The zero-order chi connectivity index (χ0) is 12.3. The standard InChI is InChI=1S/C12H15FO3/c1-12(2,13)9-5-8(7-14)6-10(15-3)11(9)16-4/h5-7H,1-4H3. The lowest BCUT2D eigenvalue weighted by molar-refractivity contribution is 0.112. The molecule has 1 aromatic rings. The number of aldehydes is 1. The van der Waals surface area contributed by atoms with Crippen LogP contribution in [-0.4, -0.2) is 20.5 Å². The molecule has 16 heavy (non-hydrogen) atoms. The molecular weight excluding hydrogens is 211 g/mol. The van der Waals surface area contributed by atoms with Gasteiger partial charge in [-0.25, -0.2) is 4.39 Å². The van der Waals surface area contributed by atoms with Crippen LogP contribution in [0.15, 0.2) is 12.1 Å². The first-order valence-corrected chi connectivity index (χ1v) is 4.84. The number of alkyl halides is 1. The molecule has 0 heterocycles. The van der Waals surface area contributed by atoms with E-state index in [0.717, 1.165) is 0 Å². The van der Waals surface area contributed by atoms with Gasteiger partial charge in [-0.1, -0.05) is 0 Å². The van der Waals surface area contributed by atoms with Crippen LogP contribution in [0.25, 0.3) is 0 Å². The van der Waals surface area contributed by atoms with Crippen LogP contribution in [-0.2, 0) is 5.67 Å². The van der Waals surface area contributed by atoms with Gasteiger partial charge in [-0.15, -0.1) is 0 Å². The van der Waals surface area contributed by atoms with E-state index >= 15 is 0 Å². The monoisotopic (exact) mass is 226 g/mol. The highest BCUT2D eigenvalue weighted by Crippen LogP contribution is 2.39. The van der Waals surface area contributed by atoms with Gasteiger partial charge in [0, 0.05) is 11.1 Å². The van der Waals surface area contributed by atoms with Crippen LogP contribution in [0, 0.1) is 0 Å². The zero-order valence-corrected chi connectivity index (χ0v) is 9.83. The lowest BCUT2D eigenvalue weighted by atomic mass is 9.96. The summed E-state index contributed by atoms with van der Waals surface area (Å²) in [5.41, 5.74) is -0.938. The van der Waals surface area contributed by atoms with E-state index in [-0.39, 0.29) is 0 Å². The highest BCUT2D eigenvalue weighted by molar-refractivity contribution is 5.77. The average molecular weight is 226 g/mol. The lowest BCUT2D eigenvalue weighted by Crippen LogP contribution is -2.12. The number of halogens is 1. The van der Waals surface area contributed by atoms with Crippen LogP contribution in [0.1, 0.15) is 29.8 Å². The van der Waals surface area contributed by atoms with Gasteiger partial charge in [0.25, 0.3) is 0 Å². The second-order valence-corrected chi connectivity index (χ2v) is 3.89. The van der Waals surface area contributed by atoms with Crippen molar-refractivity contribution in [3.05, 3.63) is 23.3 Å². The van der Waals surface area contributed by atoms with Crippen molar-refractivity contribution in [2.75, 3.05) is 14.2 Å². The molecule has 0 bridgehead atoms. The molecule has 0 saturated heterocycles. The van der Waals surface area contributed by atoms with E-state index in [4.69, 9.17) is 9.47 Å². The Morgan fingerprint density at radius 3 is 2.25 bits per heavy atom. The summed E-state index contributed by atoms with van der Waals surface area (Å²) in [5.74, 6) is 0.674. The van der Waals surface area contributed by atoms with Crippen molar-refractivity contribution in [1.82, 2.24) is 0 Å². The largest absolute Gasteiger partial charge is 0.493 e. The van der Waals surface area contributed by atoms with Crippen molar-refractivity contribution in [3.8, 4) is 11.5 Å². The molecule has 0 amide bonds. The smallest absolute Gasteiger partial charge is 0.167 e. The summed E-state index contributed by atoms with van der Waals surface area (Å²) in [7, 11) is 2.88. The second-order valence-electron chi connectivity index (χ2n) is 3.89. The van der Waals surface area contributed by atoms with E-state index in [1.165, 1.54) is 40.2 Å². The maximum atomic E-state index is 13.9. The van der Waals surface area contributed by atoms with Gasteiger partial charge >= 0.3 is 0 Å². The molecule has 0 N–H and O–H groups in total. The number of hydrogen-bond donors (Lipinski definition) is 0. The fourth-order valence-electron chi connectivity index (χ4n) is 1.50. The fraction of sp³-hybridized carbons (Fsp3) is 0.417. The van der Waals surface area contributed by atoms with Gasteiger partial charge in [0.2, 0.25) is 0 Å². The molecule has 3 nitrogen and oxygen atoms in total. The Hall–Kier alpha value is -1.58. The Bertz CT molecular complexity index is 394. The number of carbonyl (C=O) groups excluding carboxylic acids is 1. The van der Waals surface area contributed by atoms with E-state index in [1.807, 2.05) is 0 Å². The van der Waals surface area contributed by atoms with Crippen LogP contribution in [0.4, 0.5) is 4.39 Å². The van der Waals surface area contributed by atoms with Gasteiger partial charge in [0.1, 0.15) is 12.0 Å². The Morgan fingerprint density at radius 1 is 1.25 bits per heavy atom. The average Bonchev–Trinajstić information content (AvgIpc) is 2.25. The first kappa shape index (κ1) is 12.5. The summed E-state index contributed by atoms with van der Waals surface area (Å²) >= 11 is 0. The van der Waals surface area contributed by atoms with Crippen LogP contribution in [0.2, 0.25) is 0 Å². The molecule has 0 saturated carbocycles. The molecule has 0 radical (unpaired) electrons. The summed E-state index contributed by atoms with van der Waals surface area (Å²) in [5, 5.41) is 0. The van der Waals surface area contributed by atoms with Gasteiger partial charge < -0.3 is 9.47 Å². The highest BCUT2D eigenvalue weighted by Gasteiger charge is 2.26. The van der Waals surface area contributed by atoms with E-state index in [2.05, 4.69) is 0 Å². The zero-order valence-electron chi connectivity index (χ0n) is 9.83. The third-order valence-corrected chi connectivity index (χ3v) is 2.28. The number of rotatable bonds is 4. The molecule has 88 valence electrons. The molecule has 4 heteroatoms. The van der Waals surface area contributed by atoms with E-state index in [0.29, 0.717) is 28.9 Å². The molecule has 0 aliphatic carbocycles. The third-order valence-electron chi connectivity index (χ3n) is 2.28. The SMILES string of the molecule is COc1cc(C=O)cc(C(C)(C)F)c1OC. The molecule has 0 fully saturated rings. The first-order chi connectivity index (χ1) is 7.43. The fourth-order valence-corrected chi connectivity index (χ4v) is 1.50. The van der Waals surface area contributed by atoms with Gasteiger partial charge in [0.15, 0.2) is 11.5 Å². The van der Waals surface area contributed by atoms with Crippen molar-refractivity contribution in [2.24, 2.45) is 0 Å². The predicted molar refractivity (Wildman–Crippen MR) is 59.1 cm³/mol. The Kier molecular flexibility index (Phi) is 3.52. The Balaban J connectivity index is 3.49. The van der Waals surface area contributed by atoms with Gasteiger partial charge in [-0.3, -0.25) is 4.79 Å². The van der Waals surface area contributed by atoms with Crippen LogP contribution >= 0.6 is 0 Å². The molecule has 0 atom stereocenters. The molecule has 0 unspecified atom stereocenters. The van der Waals surface area contributed by atoms with Crippen molar-refractivity contribution in [3.63, 3.8) is 0 Å². The van der Waals surface area contributed by atoms with Crippen molar-refractivity contribution < 1.29 is 18.7 Å². The molecule has 0 aliphatic rings. The molecule has 0 spiro atoms. The molecule has 1 aromatic carbocycles. The quantitative estimate of drug-likeness (QED) is 0.740. The number of benzene rings is 1. The Morgan fingerprint density at radius 2 is 1.88 bits per heavy atom. The van der Waals surface area contributed by atoms with Crippen LogP contribution < -0.4 is 9.47 Å². The number of methoxy groups -OCH3 is 2. The van der Waals surface area contributed by atoms with E-state index in [1.54, 1.807) is 0 Å². The minimum absolute atomic E-state index is 0.302. The molecular formula is C12H15FO3. The normalized spacial score (nSPS) is 11.1. The maximum absolute atomic E-state index is 13.9. The van der Waals surface area contributed by atoms with Gasteiger partial charge in [-0.05, 0) is 26.0 Å². The molecule has 1 rings (SSSR count). The predicted octanol–water partition coefficient (Wildman–Crippen LogP) is 2.72. The van der Waals surface area contributed by atoms with Crippen molar-refractivity contribution >= 4 is 6.29 Å². The van der Waals surface area contributed by atoms with Gasteiger partial charge in [-0.2, -0.15) is 0 Å². The van der Waals surface area contributed by atoms with E-state index < -0.39 is 5.67 Å². The lowest BCUT2D eigenvalue weighted by Gasteiger charge is -2.20. The van der Waals surface area contributed by atoms with Crippen molar-refractivity contribution in [2.45, 2.75) is 19.5 Å². The number of carbonyl (C=O) groups is 1. The maximum Gasteiger partial charge on any atom is 0.167 e. The summed E-state index contributed by atoms with van der Waals surface area (Å²) < 4.78 is 24.1. The molecule has 0 aromatic heterocycles. The minimum atomic E-state index is -1.60. The van der Waals surface area contributed by atoms with Crippen LogP contribution in [0.3, 0.4) is 0 Å². The first-order valence-electron chi connectivity index (χ1n) is 4.84. The topological polar surface area (TPSA) is 35.5 Å². The third kappa shape index (κ3) is 2.32. The summed E-state index contributed by atoms with van der Waals surface area (Å²) in [6, 6.07) is 2.98. The summed E-state index contributed by atoms with van der Waals surface area (Å²) in [6.45, 7) is 2.80. The van der Waals surface area contributed by atoms with E-state index in [9.17, 15) is 9.18 Å². The minimum Gasteiger partial charge on any atom is -0.493 e. The van der Waals surface area contributed by atoms with Crippen LogP contribution in [0.5, 0.6) is 11.5 Å². The highest BCUT2D eigenvalue weighted by atomic mass is 19.1. The number of ether oxygens (including phenoxy) is 2. The summed E-state index contributed by atoms with van der Waals surface area (Å²) in [4.78, 5) is 10.7. The van der Waals surface area contributed by atoms with Crippen molar-refractivity contribution in [1.29, 1.82) is 0 Å². The molecule has 0 aliphatic heterocycles. The van der Waals surface area contributed by atoms with Gasteiger partial charge in [0.05, 0.1) is 14.2 Å². The Labute approximate surface area is 94.2 Å². The second kappa shape index (κ2) is 4.51.